The Hall–Kier alpha value is -2.89. The van der Waals surface area contributed by atoms with E-state index in [1.165, 1.54) is 7.11 Å². The number of aryl methyl sites for hydroxylation is 1. The second-order valence-corrected chi connectivity index (χ2v) is 5.73. The Morgan fingerprint density at radius 2 is 2.04 bits per heavy atom. The van der Waals surface area contributed by atoms with Gasteiger partial charge in [0.25, 0.3) is 0 Å². The predicted octanol–water partition coefficient (Wildman–Crippen LogP) is 3.00. The number of para-hydroxylation sites is 2. The molecular weight excluding hydrogens is 321 g/mol. The van der Waals surface area contributed by atoms with Gasteiger partial charge in [-0.05, 0) is 30.2 Å². The van der Waals surface area contributed by atoms with Gasteiger partial charge in [0, 0.05) is 19.4 Å². The van der Waals surface area contributed by atoms with Crippen LogP contribution in [0.3, 0.4) is 0 Å². The van der Waals surface area contributed by atoms with Crippen LogP contribution < -0.4 is 10.1 Å². The number of nitrogens with one attached hydrogen (secondary N) is 2. The molecule has 0 fully saturated rings. The van der Waals surface area contributed by atoms with Crippen molar-refractivity contribution >= 4 is 16.9 Å². The van der Waals surface area contributed by atoms with Crippen LogP contribution in [0.5, 0.6) is 5.75 Å². The maximum atomic E-state index is 14.0. The molecular formula is C19H20FN3O2. The number of aromatic amines is 1. The van der Waals surface area contributed by atoms with Crippen LogP contribution in [0.4, 0.5) is 4.39 Å². The first-order valence-corrected chi connectivity index (χ1v) is 8.19. The highest BCUT2D eigenvalue weighted by atomic mass is 19.1. The van der Waals surface area contributed by atoms with Gasteiger partial charge in [0.2, 0.25) is 5.91 Å². The first-order chi connectivity index (χ1) is 12.2. The maximum absolute atomic E-state index is 14.0. The van der Waals surface area contributed by atoms with Crippen LogP contribution in [0.25, 0.3) is 11.0 Å². The largest absolute Gasteiger partial charge is 0.494 e. The van der Waals surface area contributed by atoms with Gasteiger partial charge in [-0.15, -0.1) is 0 Å². The number of amides is 1. The number of carbonyl (C=O) groups is 1. The summed E-state index contributed by atoms with van der Waals surface area (Å²) in [6.07, 6.45) is 1.18. The van der Waals surface area contributed by atoms with E-state index in [0.717, 1.165) is 16.9 Å². The number of hydrogen-bond donors (Lipinski definition) is 2. The number of ether oxygens (including phenoxy) is 1. The zero-order valence-corrected chi connectivity index (χ0v) is 14.0. The van der Waals surface area contributed by atoms with E-state index in [2.05, 4.69) is 15.3 Å². The average Bonchev–Trinajstić information content (AvgIpc) is 3.03. The van der Waals surface area contributed by atoms with Crippen LogP contribution in [0.2, 0.25) is 0 Å². The number of halogens is 1. The molecule has 0 unspecified atom stereocenters. The summed E-state index contributed by atoms with van der Waals surface area (Å²) < 4.78 is 19.0. The Labute approximate surface area is 145 Å². The molecule has 0 saturated carbocycles. The topological polar surface area (TPSA) is 67.0 Å². The molecule has 3 rings (SSSR count). The van der Waals surface area contributed by atoms with Crippen molar-refractivity contribution in [2.24, 2.45) is 0 Å². The van der Waals surface area contributed by atoms with Gasteiger partial charge in [-0.1, -0.05) is 24.3 Å². The van der Waals surface area contributed by atoms with E-state index in [1.807, 2.05) is 24.3 Å². The van der Waals surface area contributed by atoms with E-state index in [-0.39, 0.29) is 18.1 Å². The molecule has 2 N–H and O–H groups in total. The number of aromatic nitrogens is 2. The minimum absolute atomic E-state index is 0.113. The number of hydrogen-bond acceptors (Lipinski definition) is 3. The van der Waals surface area contributed by atoms with Crippen molar-refractivity contribution in [3.8, 4) is 5.75 Å². The third kappa shape index (κ3) is 4.15. The van der Waals surface area contributed by atoms with E-state index in [4.69, 9.17) is 4.74 Å². The average molecular weight is 341 g/mol. The van der Waals surface area contributed by atoms with E-state index < -0.39 is 5.82 Å². The van der Waals surface area contributed by atoms with E-state index >= 15 is 0 Å². The minimum Gasteiger partial charge on any atom is -0.494 e. The molecule has 0 spiro atoms. The number of rotatable bonds is 7. The molecule has 1 aromatic heterocycles. The molecule has 0 aliphatic carbocycles. The minimum atomic E-state index is -0.403. The fraction of sp³-hybridized carbons (Fsp3) is 0.263. The Morgan fingerprint density at radius 1 is 1.20 bits per heavy atom. The lowest BCUT2D eigenvalue weighted by molar-refractivity contribution is -0.121. The lowest BCUT2D eigenvalue weighted by Crippen LogP contribution is -2.26. The SMILES string of the molecule is COc1cccc(CCC(=O)NCCc2nc3ccccc3[nH]2)c1F. The summed E-state index contributed by atoms with van der Waals surface area (Å²) in [5, 5.41) is 2.84. The summed E-state index contributed by atoms with van der Waals surface area (Å²) in [7, 11) is 1.42. The monoisotopic (exact) mass is 341 g/mol. The van der Waals surface area contributed by atoms with Gasteiger partial charge < -0.3 is 15.0 Å². The zero-order valence-electron chi connectivity index (χ0n) is 14.0. The summed E-state index contributed by atoms with van der Waals surface area (Å²) in [4.78, 5) is 19.6. The van der Waals surface area contributed by atoms with Crippen LogP contribution in [0, 0.1) is 5.82 Å². The van der Waals surface area contributed by atoms with Gasteiger partial charge in [-0.3, -0.25) is 4.79 Å². The standard InChI is InChI=1S/C19H20FN3O2/c1-25-16-8-4-5-13(19(16)20)9-10-18(24)21-12-11-17-22-14-6-2-3-7-15(14)23-17/h2-8H,9-12H2,1H3,(H,21,24)(H,22,23). The van der Waals surface area contributed by atoms with Gasteiger partial charge in [0.1, 0.15) is 5.82 Å². The molecule has 0 aliphatic rings. The van der Waals surface area contributed by atoms with E-state index in [9.17, 15) is 9.18 Å². The first-order valence-electron chi connectivity index (χ1n) is 8.19. The molecule has 1 heterocycles. The molecule has 0 aliphatic heterocycles. The second-order valence-electron chi connectivity index (χ2n) is 5.73. The molecule has 5 nitrogen and oxygen atoms in total. The van der Waals surface area contributed by atoms with Crippen LogP contribution in [-0.2, 0) is 17.6 Å². The van der Waals surface area contributed by atoms with Gasteiger partial charge >= 0.3 is 0 Å². The van der Waals surface area contributed by atoms with Crippen LogP contribution in [-0.4, -0.2) is 29.5 Å². The summed E-state index contributed by atoms with van der Waals surface area (Å²) in [6.45, 7) is 0.485. The number of H-pyrrole nitrogens is 1. The molecule has 0 atom stereocenters. The number of carbonyl (C=O) groups excluding carboxylic acids is 1. The predicted molar refractivity (Wildman–Crippen MR) is 94.1 cm³/mol. The van der Waals surface area contributed by atoms with Crippen LogP contribution in [0.1, 0.15) is 17.8 Å². The van der Waals surface area contributed by atoms with Crippen molar-refractivity contribution in [1.82, 2.24) is 15.3 Å². The Balaban J connectivity index is 1.47. The third-order valence-corrected chi connectivity index (χ3v) is 4.01. The number of imidazole rings is 1. The lowest BCUT2D eigenvalue weighted by Gasteiger charge is -2.07. The van der Waals surface area contributed by atoms with Gasteiger partial charge in [-0.25, -0.2) is 9.37 Å². The summed E-state index contributed by atoms with van der Waals surface area (Å²) in [5.41, 5.74) is 2.38. The Morgan fingerprint density at radius 3 is 2.84 bits per heavy atom. The Bertz CT molecular complexity index is 843. The quantitative estimate of drug-likeness (QED) is 0.694. The van der Waals surface area contributed by atoms with Crippen molar-refractivity contribution < 1.29 is 13.9 Å². The molecule has 25 heavy (non-hydrogen) atoms. The van der Waals surface area contributed by atoms with E-state index in [0.29, 0.717) is 24.9 Å². The molecule has 3 aromatic rings. The van der Waals surface area contributed by atoms with Crippen molar-refractivity contribution in [1.29, 1.82) is 0 Å². The lowest BCUT2D eigenvalue weighted by atomic mass is 10.1. The highest BCUT2D eigenvalue weighted by Crippen LogP contribution is 2.20. The number of methoxy groups -OCH3 is 1. The highest BCUT2D eigenvalue weighted by molar-refractivity contribution is 5.76. The molecule has 130 valence electrons. The van der Waals surface area contributed by atoms with Crippen molar-refractivity contribution in [2.45, 2.75) is 19.3 Å². The van der Waals surface area contributed by atoms with E-state index in [1.54, 1.807) is 18.2 Å². The van der Waals surface area contributed by atoms with Gasteiger partial charge in [0.15, 0.2) is 11.6 Å². The summed E-state index contributed by atoms with van der Waals surface area (Å²) in [5.74, 6) is 0.515. The van der Waals surface area contributed by atoms with Gasteiger partial charge in [0.05, 0.1) is 18.1 Å². The number of nitrogens with zero attached hydrogens (tertiary/aromatic N) is 1. The fourth-order valence-electron chi connectivity index (χ4n) is 2.69. The zero-order chi connectivity index (χ0) is 17.6. The van der Waals surface area contributed by atoms with Gasteiger partial charge in [-0.2, -0.15) is 0 Å². The normalized spacial score (nSPS) is 10.8. The molecule has 0 saturated heterocycles. The fourth-order valence-corrected chi connectivity index (χ4v) is 2.69. The van der Waals surface area contributed by atoms with Crippen LogP contribution >= 0.6 is 0 Å². The molecule has 0 radical (unpaired) electrons. The summed E-state index contributed by atoms with van der Waals surface area (Å²) >= 11 is 0. The molecule has 2 aromatic carbocycles. The smallest absolute Gasteiger partial charge is 0.220 e. The molecule has 0 bridgehead atoms. The second kappa shape index (κ2) is 7.79. The summed E-state index contributed by atoms with van der Waals surface area (Å²) in [6, 6.07) is 12.7. The number of fused-ring (bicyclic) bond motifs is 1. The van der Waals surface area contributed by atoms with Crippen molar-refractivity contribution in [2.75, 3.05) is 13.7 Å². The van der Waals surface area contributed by atoms with Crippen molar-refractivity contribution in [3.05, 3.63) is 59.7 Å². The maximum Gasteiger partial charge on any atom is 0.220 e. The number of benzene rings is 2. The Kier molecular flexibility index (Phi) is 5.28. The molecule has 1 amide bonds. The van der Waals surface area contributed by atoms with Crippen LogP contribution in [0.15, 0.2) is 42.5 Å². The van der Waals surface area contributed by atoms with Crippen molar-refractivity contribution in [3.63, 3.8) is 0 Å². The third-order valence-electron chi connectivity index (χ3n) is 4.01. The first kappa shape index (κ1) is 17.0. The highest BCUT2D eigenvalue weighted by Gasteiger charge is 2.10. The molecule has 6 heteroatoms.